The van der Waals surface area contributed by atoms with Gasteiger partial charge < -0.3 is 61.6 Å². The molecule has 14 nitrogen and oxygen atoms in total. The van der Waals surface area contributed by atoms with E-state index < -0.39 is 0 Å². The molecule has 52 heavy (non-hydrogen) atoms. The van der Waals surface area contributed by atoms with E-state index in [1.54, 1.807) is 24.3 Å². The maximum atomic E-state index is 11.8. The number of benzene rings is 2. The molecule has 296 valence electrons. The first-order valence-electron chi connectivity index (χ1n) is 18.1. The van der Waals surface area contributed by atoms with Crippen LogP contribution in [-0.4, -0.2) is 165 Å². The van der Waals surface area contributed by atoms with E-state index in [1.165, 1.54) is 0 Å². The van der Waals surface area contributed by atoms with Crippen LogP contribution < -0.4 is 0 Å². The summed E-state index contributed by atoms with van der Waals surface area (Å²) in [7, 11) is 0. The van der Waals surface area contributed by atoms with Crippen LogP contribution in [-0.2, 0) is 68.2 Å². The maximum Gasteiger partial charge on any atom is 0.338 e. The fraction of sp³-hybridized carbons (Fsp3) is 0.658. The lowest BCUT2D eigenvalue weighted by molar-refractivity contribution is -0.0289. The van der Waals surface area contributed by atoms with Crippen LogP contribution in [0.15, 0.2) is 60.7 Å². The van der Waals surface area contributed by atoms with E-state index in [9.17, 15) is 4.79 Å². The van der Waals surface area contributed by atoms with Gasteiger partial charge in [-0.2, -0.15) is 0 Å². The van der Waals surface area contributed by atoms with Crippen LogP contribution in [0.4, 0.5) is 0 Å². The molecule has 0 N–H and O–H groups in total. The Bertz CT molecular complexity index is 1020. The number of ether oxygens (including phenoxy) is 13. The molecule has 0 aliphatic carbocycles. The first-order valence-corrected chi connectivity index (χ1v) is 18.1. The van der Waals surface area contributed by atoms with Gasteiger partial charge in [-0.15, -0.1) is 0 Å². The van der Waals surface area contributed by atoms with Crippen LogP contribution in [0.25, 0.3) is 0 Å². The first-order chi connectivity index (χ1) is 25.9. The molecule has 0 spiro atoms. The van der Waals surface area contributed by atoms with Crippen LogP contribution in [0.1, 0.15) is 15.9 Å². The molecule has 2 aromatic carbocycles. The zero-order chi connectivity index (χ0) is 36.7. The van der Waals surface area contributed by atoms with Crippen molar-refractivity contribution in [3.8, 4) is 0 Å². The van der Waals surface area contributed by atoms with Gasteiger partial charge in [0.15, 0.2) is 0 Å². The summed E-state index contributed by atoms with van der Waals surface area (Å²) in [5, 5.41) is 0. The molecule has 0 radical (unpaired) electrons. The van der Waals surface area contributed by atoms with E-state index in [0.29, 0.717) is 164 Å². The van der Waals surface area contributed by atoms with E-state index in [1.807, 2.05) is 36.4 Å². The minimum absolute atomic E-state index is 0.200. The van der Waals surface area contributed by atoms with Gasteiger partial charge in [-0.1, -0.05) is 48.5 Å². The highest BCUT2D eigenvalue weighted by molar-refractivity contribution is 5.89. The van der Waals surface area contributed by atoms with Crippen LogP contribution in [0.2, 0.25) is 0 Å². The van der Waals surface area contributed by atoms with Crippen LogP contribution in [0, 0.1) is 0 Å². The van der Waals surface area contributed by atoms with Crippen molar-refractivity contribution >= 4 is 5.97 Å². The fourth-order valence-electron chi connectivity index (χ4n) is 4.03. The topological polar surface area (TPSA) is 137 Å². The summed E-state index contributed by atoms with van der Waals surface area (Å²) in [6, 6.07) is 18.9. The summed E-state index contributed by atoms with van der Waals surface area (Å²) < 4.78 is 70.9. The number of esters is 1. The number of rotatable bonds is 39. The van der Waals surface area contributed by atoms with Crippen LogP contribution >= 0.6 is 0 Å². The highest BCUT2D eigenvalue weighted by Gasteiger charge is 2.05. The van der Waals surface area contributed by atoms with Crippen molar-refractivity contribution < 1.29 is 66.4 Å². The molecular formula is C38H60O14. The Morgan fingerprint density at radius 3 is 0.865 bits per heavy atom. The lowest BCUT2D eigenvalue weighted by Gasteiger charge is -2.09. The SMILES string of the molecule is O=C(OCCOCCOCCOCCOCCOCCOCCOCCOCCOCCOCCOCCOCc1ccccc1)c1ccccc1. The number of carbonyl (C=O) groups is 1. The third kappa shape index (κ3) is 29.9. The van der Waals surface area contributed by atoms with Crippen LogP contribution in [0.3, 0.4) is 0 Å². The van der Waals surface area contributed by atoms with E-state index in [4.69, 9.17) is 61.6 Å². The Balaban J connectivity index is 1.13. The second kappa shape index (κ2) is 36.8. The molecule has 0 saturated heterocycles. The Morgan fingerprint density at radius 2 is 0.558 bits per heavy atom. The van der Waals surface area contributed by atoms with E-state index in [-0.39, 0.29) is 12.6 Å². The molecular weight excluding hydrogens is 680 g/mol. The molecule has 0 aliphatic heterocycles. The van der Waals surface area contributed by atoms with Gasteiger partial charge in [-0.05, 0) is 17.7 Å². The molecule has 0 amide bonds. The summed E-state index contributed by atoms with van der Waals surface area (Å²) in [5.74, 6) is -0.357. The molecule has 0 saturated carbocycles. The molecule has 0 heterocycles. The normalized spacial score (nSPS) is 11.3. The van der Waals surface area contributed by atoms with Gasteiger partial charge in [0.05, 0.1) is 164 Å². The van der Waals surface area contributed by atoms with E-state index in [0.717, 1.165) is 5.56 Å². The summed E-state index contributed by atoms with van der Waals surface area (Å²) in [5.41, 5.74) is 1.68. The van der Waals surface area contributed by atoms with Gasteiger partial charge >= 0.3 is 5.97 Å². The van der Waals surface area contributed by atoms with Crippen molar-refractivity contribution in [1.82, 2.24) is 0 Å². The van der Waals surface area contributed by atoms with Gasteiger partial charge in [0.2, 0.25) is 0 Å². The van der Waals surface area contributed by atoms with E-state index in [2.05, 4.69) is 0 Å². The minimum Gasteiger partial charge on any atom is -0.460 e. The maximum absolute atomic E-state index is 11.8. The quantitative estimate of drug-likeness (QED) is 0.0733. The molecule has 14 heteroatoms. The van der Waals surface area contributed by atoms with Gasteiger partial charge in [0.1, 0.15) is 6.61 Å². The Kier molecular flexibility index (Phi) is 32.2. The summed E-state index contributed by atoms with van der Waals surface area (Å²) in [4.78, 5) is 11.8. The number of hydrogen-bond donors (Lipinski definition) is 0. The highest BCUT2D eigenvalue weighted by Crippen LogP contribution is 2.01. The van der Waals surface area contributed by atoms with Crippen molar-refractivity contribution in [3.63, 3.8) is 0 Å². The number of carbonyl (C=O) groups excluding carboxylic acids is 1. The van der Waals surface area contributed by atoms with Gasteiger partial charge in [0, 0.05) is 0 Å². The minimum atomic E-state index is -0.357. The molecule has 0 atom stereocenters. The standard InChI is InChI=1S/C38H60O14/c39-38(37-9-5-2-6-10-37)52-34-33-50-30-29-48-26-25-46-22-21-44-18-17-42-14-13-40-11-12-41-15-16-43-19-20-45-23-24-47-27-28-49-31-32-51-35-36-7-3-1-4-8-36/h1-10H,11-35H2. The fourth-order valence-corrected chi connectivity index (χ4v) is 4.03. The van der Waals surface area contributed by atoms with Crippen molar-refractivity contribution in [2.24, 2.45) is 0 Å². The second-order valence-electron chi connectivity index (χ2n) is 10.8. The van der Waals surface area contributed by atoms with Crippen molar-refractivity contribution in [1.29, 1.82) is 0 Å². The van der Waals surface area contributed by atoms with Crippen molar-refractivity contribution in [2.75, 3.05) is 159 Å². The predicted octanol–water partition coefficient (Wildman–Crippen LogP) is 3.24. The third-order valence-corrected chi connectivity index (χ3v) is 6.67. The average Bonchev–Trinajstić information content (AvgIpc) is 3.18. The second-order valence-corrected chi connectivity index (χ2v) is 10.8. The lowest BCUT2D eigenvalue weighted by atomic mass is 10.2. The number of hydrogen-bond acceptors (Lipinski definition) is 14. The van der Waals surface area contributed by atoms with Gasteiger partial charge in [-0.3, -0.25) is 0 Å². The van der Waals surface area contributed by atoms with Crippen LogP contribution in [0.5, 0.6) is 0 Å². The Morgan fingerprint density at radius 1 is 0.308 bits per heavy atom. The zero-order valence-electron chi connectivity index (χ0n) is 30.7. The predicted molar refractivity (Wildman–Crippen MR) is 192 cm³/mol. The largest absolute Gasteiger partial charge is 0.460 e. The van der Waals surface area contributed by atoms with E-state index >= 15 is 0 Å². The molecule has 2 aromatic rings. The zero-order valence-corrected chi connectivity index (χ0v) is 30.7. The third-order valence-electron chi connectivity index (χ3n) is 6.67. The molecule has 2 rings (SSSR count). The Labute approximate surface area is 309 Å². The monoisotopic (exact) mass is 740 g/mol. The first kappa shape index (κ1) is 45.6. The molecule has 0 bridgehead atoms. The molecule has 0 aromatic heterocycles. The van der Waals surface area contributed by atoms with Crippen molar-refractivity contribution in [2.45, 2.75) is 6.61 Å². The summed E-state index contributed by atoms with van der Waals surface area (Å²) in [6.45, 7) is 12.0. The lowest BCUT2D eigenvalue weighted by Crippen LogP contribution is -2.15. The molecule has 0 fully saturated rings. The summed E-state index contributed by atoms with van der Waals surface area (Å²) >= 11 is 0. The molecule has 0 unspecified atom stereocenters. The van der Waals surface area contributed by atoms with Gasteiger partial charge in [0.25, 0.3) is 0 Å². The average molecular weight is 741 g/mol. The molecule has 0 aliphatic rings. The van der Waals surface area contributed by atoms with Gasteiger partial charge in [-0.25, -0.2) is 4.79 Å². The highest BCUT2D eigenvalue weighted by atomic mass is 16.6. The Hall–Kier alpha value is -2.57. The van der Waals surface area contributed by atoms with Crippen molar-refractivity contribution in [3.05, 3.63) is 71.8 Å². The summed E-state index contributed by atoms with van der Waals surface area (Å²) in [6.07, 6.45) is 0. The smallest absolute Gasteiger partial charge is 0.338 e.